The molecule has 2 N–H and O–H groups in total. The van der Waals surface area contributed by atoms with Crippen LogP contribution in [0.5, 0.6) is 0 Å². The minimum absolute atomic E-state index is 0.0951. The molecule has 1 atom stereocenters. The summed E-state index contributed by atoms with van der Waals surface area (Å²) in [5.74, 6) is 0.715. The molecule has 1 aliphatic heterocycles. The van der Waals surface area contributed by atoms with E-state index in [-0.39, 0.29) is 6.61 Å². The first-order chi connectivity index (χ1) is 8.38. The van der Waals surface area contributed by atoms with Gasteiger partial charge in [0.2, 0.25) is 0 Å². The number of nitrogens with zero attached hydrogens (tertiary/aromatic N) is 3. The minimum Gasteiger partial charge on any atom is -0.394 e. The summed E-state index contributed by atoms with van der Waals surface area (Å²) in [7, 11) is 0. The molecule has 1 unspecified atom stereocenters. The predicted molar refractivity (Wildman–Crippen MR) is 62.4 cm³/mol. The summed E-state index contributed by atoms with van der Waals surface area (Å²) >= 11 is 0. The lowest BCUT2D eigenvalue weighted by Gasteiger charge is -2.07. The van der Waals surface area contributed by atoms with Crippen LogP contribution < -0.4 is 5.32 Å². The Morgan fingerprint density at radius 2 is 2.53 bits per heavy atom. The van der Waals surface area contributed by atoms with Gasteiger partial charge in [0.1, 0.15) is 0 Å². The van der Waals surface area contributed by atoms with E-state index in [9.17, 15) is 0 Å². The van der Waals surface area contributed by atoms with Crippen LogP contribution >= 0.6 is 0 Å². The second kappa shape index (κ2) is 6.68. The van der Waals surface area contributed by atoms with Crippen LogP contribution in [0, 0.1) is 5.92 Å². The largest absolute Gasteiger partial charge is 0.394 e. The number of rotatable bonds is 7. The third-order valence-electron chi connectivity index (χ3n) is 2.97. The van der Waals surface area contributed by atoms with Crippen LogP contribution in [0.2, 0.25) is 0 Å². The van der Waals surface area contributed by atoms with E-state index >= 15 is 0 Å². The highest BCUT2D eigenvalue weighted by atomic mass is 16.5. The summed E-state index contributed by atoms with van der Waals surface area (Å²) in [4.78, 5) is 0. The van der Waals surface area contributed by atoms with E-state index in [4.69, 9.17) is 9.84 Å². The van der Waals surface area contributed by atoms with Crippen molar-refractivity contribution in [2.75, 3.05) is 26.4 Å². The lowest BCUT2D eigenvalue weighted by Crippen LogP contribution is -2.18. The molecule has 1 saturated heterocycles. The second-order valence-electron chi connectivity index (χ2n) is 4.39. The van der Waals surface area contributed by atoms with Gasteiger partial charge in [-0.05, 0) is 25.3 Å². The number of aromatic nitrogens is 3. The van der Waals surface area contributed by atoms with E-state index in [0.717, 1.165) is 38.4 Å². The Morgan fingerprint density at radius 3 is 3.29 bits per heavy atom. The average molecular weight is 240 g/mol. The maximum absolute atomic E-state index is 8.75. The molecule has 17 heavy (non-hydrogen) atoms. The summed E-state index contributed by atoms with van der Waals surface area (Å²) in [6.07, 6.45) is 4.21. The van der Waals surface area contributed by atoms with E-state index in [1.807, 2.05) is 6.20 Å². The molecular formula is C11H20N4O2. The van der Waals surface area contributed by atoms with Crippen LogP contribution in [0.1, 0.15) is 18.5 Å². The quantitative estimate of drug-likeness (QED) is 0.645. The van der Waals surface area contributed by atoms with Gasteiger partial charge in [-0.1, -0.05) is 5.21 Å². The van der Waals surface area contributed by atoms with E-state index in [1.54, 1.807) is 4.68 Å². The van der Waals surface area contributed by atoms with Crippen LogP contribution in [0.15, 0.2) is 6.20 Å². The zero-order chi connectivity index (χ0) is 11.9. The van der Waals surface area contributed by atoms with Gasteiger partial charge in [0.25, 0.3) is 0 Å². The minimum atomic E-state index is 0.0951. The highest BCUT2D eigenvalue weighted by Crippen LogP contribution is 2.15. The lowest BCUT2D eigenvalue weighted by molar-refractivity contribution is 0.184. The number of aliphatic hydroxyl groups is 1. The first-order valence-corrected chi connectivity index (χ1v) is 6.17. The number of ether oxygens (including phenoxy) is 1. The third-order valence-corrected chi connectivity index (χ3v) is 2.97. The summed E-state index contributed by atoms with van der Waals surface area (Å²) < 4.78 is 6.98. The average Bonchev–Trinajstić information content (AvgIpc) is 2.96. The van der Waals surface area contributed by atoms with Crippen molar-refractivity contribution in [2.24, 2.45) is 5.92 Å². The van der Waals surface area contributed by atoms with Crippen molar-refractivity contribution in [2.45, 2.75) is 25.9 Å². The fourth-order valence-electron chi connectivity index (χ4n) is 1.96. The molecule has 1 aromatic rings. The van der Waals surface area contributed by atoms with E-state index < -0.39 is 0 Å². The molecule has 1 aromatic heterocycles. The molecule has 1 fully saturated rings. The maximum Gasteiger partial charge on any atom is 0.0964 e. The molecule has 0 aromatic carbocycles. The van der Waals surface area contributed by atoms with E-state index in [2.05, 4.69) is 15.6 Å². The van der Waals surface area contributed by atoms with Gasteiger partial charge in [-0.25, -0.2) is 4.68 Å². The van der Waals surface area contributed by atoms with Crippen LogP contribution in [0.4, 0.5) is 0 Å². The summed E-state index contributed by atoms with van der Waals surface area (Å²) in [5.41, 5.74) is 0.918. The number of nitrogens with one attached hydrogen (secondary N) is 1. The molecule has 2 rings (SSSR count). The highest BCUT2D eigenvalue weighted by molar-refractivity contribution is 4.91. The molecule has 6 heteroatoms. The second-order valence-corrected chi connectivity index (χ2v) is 4.39. The summed E-state index contributed by atoms with van der Waals surface area (Å²) in [6, 6.07) is 0. The van der Waals surface area contributed by atoms with Crippen LogP contribution in [-0.2, 0) is 17.8 Å². The molecule has 96 valence electrons. The Kier molecular flexibility index (Phi) is 4.90. The van der Waals surface area contributed by atoms with Gasteiger partial charge < -0.3 is 15.2 Å². The Hall–Kier alpha value is -0.980. The van der Waals surface area contributed by atoms with Crippen molar-refractivity contribution in [1.29, 1.82) is 0 Å². The summed E-state index contributed by atoms with van der Waals surface area (Å²) in [6.45, 7) is 4.15. The van der Waals surface area contributed by atoms with Gasteiger partial charge in [-0.3, -0.25) is 0 Å². The zero-order valence-electron chi connectivity index (χ0n) is 10.0. The highest BCUT2D eigenvalue weighted by Gasteiger charge is 2.14. The molecule has 2 heterocycles. The monoisotopic (exact) mass is 240 g/mol. The van der Waals surface area contributed by atoms with Crippen molar-refractivity contribution in [1.82, 2.24) is 20.3 Å². The van der Waals surface area contributed by atoms with Gasteiger partial charge in [-0.2, -0.15) is 0 Å². The Bertz CT molecular complexity index is 323. The van der Waals surface area contributed by atoms with Crippen LogP contribution in [0.25, 0.3) is 0 Å². The molecule has 6 nitrogen and oxygen atoms in total. The number of hydrogen-bond donors (Lipinski definition) is 2. The normalized spacial score (nSPS) is 19.9. The molecule has 0 bridgehead atoms. The SMILES string of the molecule is OCCn1cc(CNCCC2CCOC2)nn1. The Morgan fingerprint density at radius 1 is 1.59 bits per heavy atom. The molecule has 0 radical (unpaired) electrons. The van der Waals surface area contributed by atoms with Gasteiger partial charge >= 0.3 is 0 Å². The molecule has 0 saturated carbocycles. The van der Waals surface area contributed by atoms with E-state index in [0.29, 0.717) is 12.5 Å². The molecule has 0 spiro atoms. The predicted octanol–water partition coefficient (Wildman–Crippen LogP) is -0.213. The molecule has 0 aliphatic carbocycles. The fraction of sp³-hybridized carbons (Fsp3) is 0.818. The first-order valence-electron chi connectivity index (χ1n) is 6.17. The van der Waals surface area contributed by atoms with Crippen LogP contribution in [-0.4, -0.2) is 46.5 Å². The maximum atomic E-state index is 8.75. The van der Waals surface area contributed by atoms with Gasteiger partial charge in [0.15, 0.2) is 0 Å². The zero-order valence-corrected chi connectivity index (χ0v) is 10.0. The molecular weight excluding hydrogens is 220 g/mol. The van der Waals surface area contributed by atoms with Crippen molar-refractivity contribution >= 4 is 0 Å². The van der Waals surface area contributed by atoms with Crippen molar-refractivity contribution in [3.63, 3.8) is 0 Å². The van der Waals surface area contributed by atoms with Gasteiger partial charge in [0.05, 0.1) is 18.8 Å². The standard InChI is InChI=1S/C11H20N4O2/c16-5-4-15-8-11(13-14-15)7-12-3-1-10-2-6-17-9-10/h8,10,12,16H,1-7,9H2. The fourth-order valence-corrected chi connectivity index (χ4v) is 1.96. The van der Waals surface area contributed by atoms with Gasteiger partial charge in [0, 0.05) is 26.0 Å². The molecule has 0 amide bonds. The molecule has 1 aliphatic rings. The third kappa shape index (κ3) is 4.07. The number of hydrogen-bond acceptors (Lipinski definition) is 5. The van der Waals surface area contributed by atoms with E-state index in [1.165, 1.54) is 6.42 Å². The first kappa shape index (κ1) is 12.5. The van der Waals surface area contributed by atoms with Crippen molar-refractivity contribution in [3.05, 3.63) is 11.9 Å². The Balaban J connectivity index is 1.60. The van der Waals surface area contributed by atoms with Crippen LogP contribution in [0.3, 0.4) is 0 Å². The Labute approximate surface area is 101 Å². The van der Waals surface area contributed by atoms with Crippen molar-refractivity contribution < 1.29 is 9.84 Å². The number of aliphatic hydroxyl groups excluding tert-OH is 1. The smallest absolute Gasteiger partial charge is 0.0964 e. The van der Waals surface area contributed by atoms with Gasteiger partial charge in [-0.15, -0.1) is 5.10 Å². The summed E-state index contributed by atoms with van der Waals surface area (Å²) in [5, 5.41) is 20.0. The topological polar surface area (TPSA) is 72.2 Å². The van der Waals surface area contributed by atoms with Crippen molar-refractivity contribution in [3.8, 4) is 0 Å². The lowest BCUT2D eigenvalue weighted by atomic mass is 10.1.